The van der Waals surface area contributed by atoms with Crippen LogP contribution >= 0.6 is 0 Å². The zero-order valence-corrected chi connectivity index (χ0v) is 16.4. The van der Waals surface area contributed by atoms with E-state index in [-0.39, 0.29) is 18.1 Å². The van der Waals surface area contributed by atoms with Gasteiger partial charge in [0.25, 0.3) is 0 Å². The van der Waals surface area contributed by atoms with Gasteiger partial charge >= 0.3 is 0 Å². The maximum absolute atomic E-state index is 12.9. The molecule has 5 nitrogen and oxygen atoms in total. The number of morpholine rings is 1. The van der Waals surface area contributed by atoms with Crippen LogP contribution in [0.5, 0.6) is 0 Å². The number of nitrogens with two attached hydrogens (primary N) is 1. The third-order valence-electron chi connectivity index (χ3n) is 4.50. The molecule has 1 unspecified atom stereocenters. The van der Waals surface area contributed by atoms with Crippen LogP contribution in [-0.4, -0.2) is 43.9 Å². The van der Waals surface area contributed by atoms with E-state index in [2.05, 4.69) is 29.2 Å². The van der Waals surface area contributed by atoms with Gasteiger partial charge in [-0.3, -0.25) is 4.79 Å². The van der Waals surface area contributed by atoms with Crippen LogP contribution in [0.2, 0.25) is 0 Å². The average Bonchev–Trinajstić information content (AvgIpc) is 2.75. The van der Waals surface area contributed by atoms with Crippen LogP contribution in [0.25, 0.3) is 6.08 Å². The van der Waals surface area contributed by atoms with Gasteiger partial charge in [-0.15, -0.1) is 0 Å². The molecule has 1 saturated heterocycles. The molecule has 1 fully saturated rings. The minimum Gasteiger partial charge on any atom is -0.396 e. The highest BCUT2D eigenvalue weighted by Gasteiger charge is 2.12. The van der Waals surface area contributed by atoms with Crippen molar-refractivity contribution in [1.82, 2.24) is 0 Å². The van der Waals surface area contributed by atoms with Crippen LogP contribution in [0.3, 0.4) is 0 Å². The molecule has 1 amide bonds. The van der Waals surface area contributed by atoms with Crippen molar-refractivity contribution in [3.8, 4) is 0 Å². The van der Waals surface area contributed by atoms with E-state index in [1.807, 2.05) is 6.92 Å². The molecule has 0 aliphatic carbocycles. The van der Waals surface area contributed by atoms with Crippen molar-refractivity contribution >= 4 is 17.7 Å². The first-order valence-corrected chi connectivity index (χ1v) is 9.37. The smallest absolute Gasteiger partial charge is 0.241 e. The lowest BCUT2D eigenvalue weighted by atomic mass is 10.0. The van der Waals surface area contributed by atoms with Gasteiger partial charge in [0.05, 0.1) is 13.2 Å². The molecule has 1 aliphatic rings. The van der Waals surface area contributed by atoms with Crippen molar-refractivity contribution in [1.29, 1.82) is 0 Å². The highest BCUT2D eigenvalue weighted by Crippen LogP contribution is 2.22. The Bertz CT molecular complexity index is 837. The van der Waals surface area contributed by atoms with Crippen molar-refractivity contribution in [3.63, 3.8) is 0 Å². The Hall–Kier alpha value is -2.77. The quantitative estimate of drug-likeness (QED) is 0.751. The lowest BCUT2D eigenvalue weighted by molar-refractivity contribution is -0.113. The molecule has 156 valence electrons. The second-order valence-electron chi connectivity index (χ2n) is 6.66. The van der Waals surface area contributed by atoms with Crippen LogP contribution in [-0.2, 0) is 9.53 Å². The number of primary amides is 1. The van der Waals surface area contributed by atoms with Gasteiger partial charge in [-0.05, 0) is 29.8 Å². The van der Waals surface area contributed by atoms with E-state index in [0.29, 0.717) is 0 Å². The summed E-state index contributed by atoms with van der Waals surface area (Å²) in [6.45, 7) is 5.76. The predicted molar refractivity (Wildman–Crippen MR) is 110 cm³/mol. The van der Waals surface area contributed by atoms with E-state index < -0.39 is 17.5 Å². The Morgan fingerprint density at radius 2 is 1.93 bits per heavy atom. The van der Waals surface area contributed by atoms with E-state index in [0.717, 1.165) is 44.5 Å². The molecule has 0 aromatic heterocycles. The number of carbonyl (C=O) groups excluding carboxylic acids is 1. The third kappa shape index (κ3) is 6.96. The van der Waals surface area contributed by atoms with E-state index >= 15 is 0 Å². The van der Waals surface area contributed by atoms with Gasteiger partial charge in [0, 0.05) is 42.9 Å². The summed E-state index contributed by atoms with van der Waals surface area (Å²) < 4.78 is 30.8. The number of rotatable bonds is 5. The Kier molecular flexibility index (Phi) is 8.76. The largest absolute Gasteiger partial charge is 0.396 e. The number of halogens is 2. The molecule has 1 heterocycles. The van der Waals surface area contributed by atoms with Gasteiger partial charge < -0.3 is 20.5 Å². The number of ether oxygens (including phenoxy) is 1. The zero-order chi connectivity index (χ0) is 21.2. The summed E-state index contributed by atoms with van der Waals surface area (Å²) in [7, 11) is 0. The second-order valence-corrected chi connectivity index (χ2v) is 6.66. The third-order valence-corrected chi connectivity index (χ3v) is 4.50. The van der Waals surface area contributed by atoms with Crippen molar-refractivity contribution in [3.05, 3.63) is 71.3 Å². The minimum atomic E-state index is -0.986. The lowest BCUT2D eigenvalue weighted by Gasteiger charge is -2.29. The van der Waals surface area contributed by atoms with Gasteiger partial charge in [-0.1, -0.05) is 31.2 Å². The molecule has 0 saturated carbocycles. The number of nitrogens with zero attached hydrogens (tertiary/aromatic N) is 1. The highest BCUT2D eigenvalue weighted by molar-refractivity contribution is 5.90. The number of benzene rings is 2. The maximum atomic E-state index is 12.9. The van der Waals surface area contributed by atoms with Gasteiger partial charge in [0.2, 0.25) is 5.91 Å². The first kappa shape index (κ1) is 22.5. The van der Waals surface area contributed by atoms with E-state index in [1.54, 1.807) is 0 Å². The van der Waals surface area contributed by atoms with Gasteiger partial charge in [-0.2, -0.15) is 0 Å². The zero-order valence-electron chi connectivity index (χ0n) is 16.4. The summed E-state index contributed by atoms with van der Waals surface area (Å²) in [6.07, 6.45) is 2.10. The van der Waals surface area contributed by atoms with E-state index in [1.165, 1.54) is 23.4 Å². The van der Waals surface area contributed by atoms with E-state index in [9.17, 15) is 13.6 Å². The maximum Gasteiger partial charge on any atom is 0.241 e. The molecule has 29 heavy (non-hydrogen) atoms. The van der Waals surface area contributed by atoms with Crippen LogP contribution in [0, 0.1) is 11.6 Å². The van der Waals surface area contributed by atoms with E-state index in [4.69, 9.17) is 15.6 Å². The number of amides is 1. The summed E-state index contributed by atoms with van der Waals surface area (Å²) in [5.74, 6) is -2.43. The van der Waals surface area contributed by atoms with Gasteiger partial charge in [0.1, 0.15) is 0 Å². The number of anilines is 1. The fourth-order valence-electron chi connectivity index (χ4n) is 2.78. The topological polar surface area (TPSA) is 75.8 Å². The van der Waals surface area contributed by atoms with Crippen molar-refractivity contribution in [2.75, 3.05) is 37.8 Å². The monoisotopic (exact) mass is 404 g/mol. The van der Waals surface area contributed by atoms with Gasteiger partial charge in [-0.25, -0.2) is 8.78 Å². The average molecular weight is 404 g/mol. The van der Waals surface area contributed by atoms with Crippen LogP contribution in [0.4, 0.5) is 14.5 Å². The number of aliphatic hydroxyl groups excluding tert-OH is 1. The van der Waals surface area contributed by atoms with Crippen LogP contribution in [0.15, 0.2) is 48.5 Å². The molecule has 3 rings (SSSR count). The normalized spacial score (nSPS) is 15.0. The van der Waals surface area contributed by atoms with Crippen molar-refractivity contribution in [2.45, 2.75) is 12.8 Å². The second kappa shape index (κ2) is 11.3. The standard InChI is InChI=1S/C13H19NO2.C9H7F2NO/c1-11(10-15)12-3-2-4-13(9-12)14-5-7-16-8-6-14;10-7-3-1-2-6(9(7)11)4-5-8(12)13/h2-4,9,11,15H,5-8,10H2,1H3;1-5H,(H2,12,13)/b;5-4+. The molecule has 7 heteroatoms. The first-order chi connectivity index (χ1) is 13.9. The molecule has 2 aromatic carbocycles. The first-order valence-electron chi connectivity index (χ1n) is 9.37. The minimum absolute atomic E-state index is 0.00111. The molecular formula is C22H26F2N2O3. The molecule has 0 radical (unpaired) electrons. The predicted octanol–water partition coefficient (Wildman–Crippen LogP) is 3.08. The van der Waals surface area contributed by atoms with Crippen molar-refractivity contribution < 1.29 is 23.4 Å². The van der Waals surface area contributed by atoms with Gasteiger partial charge in [0.15, 0.2) is 11.6 Å². The molecule has 1 aliphatic heterocycles. The summed E-state index contributed by atoms with van der Waals surface area (Å²) >= 11 is 0. The Labute approximate surface area is 169 Å². The number of hydrogen-bond acceptors (Lipinski definition) is 4. The molecule has 1 atom stereocenters. The molecular weight excluding hydrogens is 378 g/mol. The molecule has 0 bridgehead atoms. The highest BCUT2D eigenvalue weighted by atomic mass is 19.2. The Morgan fingerprint density at radius 1 is 1.24 bits per heavy atom. The summed E-state index contributed by atoms with van der Waals surface area (Å²) in [5.41, 5.74) is 7.22. The fraction of sp³-hybridized carbons (Fsp3) is 0.318. The number of hydrogen-bond donors (Lipinski definition) is 2. The summed E-state index contributed by atoms with van der Waals surface area (Å²) in [6, 6.07) is 12.1. The SMILES string of the molecule is CC(CO)c1cccc(N2CCOCC2)c1.NC(=O)/C=C/c1cccc(F)c1F. The lowest BCUT2D eigenvalue weighted by Crippen LogP contribution is -2.36. The Balaban J connectivity index is 0.000000212. The summed E-state index contributed by atoms with van der Waals surface area (Å²) in [5, 5.41) is 9.16. The van der Waals surface area contributed by atoms with Crippen LogP contribution in [0.1, 0.15) is 24.0 Å². The molecule has 2 aromatic rings. The van der Waals surface area contributed by atoms with Crippen molar-refractivity contribution in [2.24, 2.45) is 5.73 Å². The fourth-order valence-corrected chi connectivity index (χ4v) is 2.78. The summed E-state index contributed by atoms with van der Waals surface area (Å²) in [4.78, 5) is 12.6. The number of carbonyl (C=O) groups is 1. The molecule has 0 spiro atoms. The Morgan fingerprint density at radius 3 is 2.59 bits per heavy atom. The van der Waals surface area contributed by atoms with Crippen LogP contribution < -0.4 is 10.6 Å². The molecule has 3 N–H and O–H groups in total. The number of aliphatic hydroxyl groups is 1.